The van der Waals surface area contributed by atoms with Gasteiger partial charge < -0.3 is 4.42 Å². The van der Waals surface area contributed by atoms with E-state index in [4.69, 9.17) is 9.40 Å². The number of likely N-dealkylation sites (tertiary alicyclic amines) is 1. The third-order valence-electron chi connectivity index (χ3n) is 5.02. The summed E-state index contributed by atoms with van der Waals surface area (Å²) in [6.07, 6.45) is 4.72. The molecule has 0 N–H and O–H groups in total. The SMILES string of the molecule is c1ccc2sc(C3CCN(Cc4nnc(C5CC5)o4)CC3)nc2c1. The van der Waals surface area contributed by atoms with Crippen LogP contribution in [0.15, 0.2) is 28.7 Å². The average Bonchev–Trinajstić information content (AvgIpc) is 3.20. The van der Waals surface area contributed by atoms with Crippen molar-refractivity contribution in [2.45, 2.75) is 44.1 Å². The zero-order valence-corrected chi connectivity index (χ0v) is 14.3. The fourth-order valence-corrected chi connectivity index (χ4v) is 4.56. The van der Waals surface area contributed by atoms with Crippen LogP contribution in [0.25, 0.3) is 10.2 Å². The van der Waals surface area contributed by atoms with Crippen LogP contribution in [0, 0.1) is 0 Å². The van der Waals surface area contributed by atoms with Crippen molar-refractivity contribution in [3.05, 3.63) is 41.1 Å². The van der Waals surface area contributed by atoms with Crippen molar-refractivity contribution in [1.82, 2.24) is 20.1 Å². The Labute approximate surface area is 144 Å². The highest BCUT2D eigenvalue weighted by molar-refractivity contribution is 7.18. The predicted molar refractivity (Wildman–Crippen MR) is 93.1 cm³/mol. The molecular weight excluding hydrogens is 320 g/mol. The second-order valence-corrected chi connectivity index (χ2v) is 7.94. The van der Waals surface area contributed by atoms with Gasteiger partial charge in [-0.25, -0.2) is 4.98 Å². The molecule has 5 rings (SSSR count). The van der Waals surface area contributed by atoms with Crippen LogP contribution >= 0.6 is 11.3 Å². The molecule has 1 aliphatic carbocycles. The molecule has 1 saturated heterocycles. The van der Waals surface area contributed by atoms with Gasteiger partial charge in [0, 0.05) is 11.8 Å². The molecule has 2 aromatic heterocycles. The zero-order valence-electron chi connectivity index (χ0n) is 13.5. The van der Waals surface area contributed by atoms with E-state index in [-0.39, 0.29) is 0 Å². The molecule has 5 nitrogen and oxygen atoms in total. The van der Waals surface area contributed by atoms with Crippen molar-refractivity contribution in [3.8, 4) is 0 Å². The van der Waals surface area contributed by atoms with E-state index in [0.29, 0.717) is 11.8 Å². The van der Waals surface area contributed by atoms with Gasteiger partial charge in [-0.1, -0.05) is 12.1 Å². The first kappa shape index (κ1) is 14.5. The Kier molecular flexibility index (Phi) is 3.60. The van der Waals surface area contributed by atoms with E-state index in [1.165, 1.54) is 22.5 Å². The summed E-state index contributed by atoms with van der Waals surface area (Å²) in [6.45, 7) is 2.93. The first-order valence-electron chi connectivity index (χ1n) is 8.75. The van der Waals surface area contributed by atoms with Crippen molar-refractivity contribution >= 4 is 21.6 Å². The fourth-order valence-electron chi connectivity index (χ4n) is 3.42. The lowest BCUT2D eigenvalue weighted by Crippen LogP contribution is -2.32. The van der Waals surface area contributed by atoms with Gasteiger partial charge in [0.1, 0.15) is 0 Å². The number of hydrogen-bond donors (Lipinski definition) is 0. The van der Waals surface area contributed by atoms with Crippen LogP contribution in [-0.4, -0.2) is 33.2 Å². The van der Waals surface area contributed by atoms with Gasteiger partial charge in [0.25, 0.3) is 0 Å². The molecule has 2 fully saturated rings. The van der Waals surface area contributed by atoms with Crippen molar-refractivity contribution in [2.24, 2.45) is 0 Å². The molecule has 3 aromatic rings. The molecule has 0 amide bonds. The number of nitrogens with zero attached hydrogens (tertiary/aromatic N) is 4. The maximum absolute atomic E-state index is 5.79. The number of para-hydroxylation sites is 1. The van der Waals surface area contributed by atoms with Gasteiger partial charge in [-0.3, -0.25) is 4.90 Å². The maximum Gasteiger partial charge on any atom is 0.230 e. The minimum atomic E-state index is 0.538. The van der Waals surface area contributed by atoms with Gasteiger partial charge in [0.05, 0.1) is 21.8 Å². The quantitative estimate of drug-likeness (QED) is 0.720. The topological polar surface area (TPSA) is 55.1 Å². The predicted octanol–water partition coefficient (Wildman–Crippen LogP) is 3.94. The van der Waals surface area contributed by atoms with E-state index >= 15 is 0 Å². The second-order valence-electron chi connectivity index (χ2n) is 6.88. The minimum Gasteiger partial charge on any atom is -0.424 e. The second kappa shape index (κ2) is 5.93. The molecule has 3 heterocycles. The number of rotatable bonds is 4. The first-order chi connectivity index (χ1) is 11.8. The summed E-state index contributed by atoms with van der Waals surface area (Å²) in [4.78, 5) is 7.26. The van der Waals surface area contributed by atoms with Gasteiger partial charge in [0.2, 0.25) is 11.8 Å². The van der Waals surface area contributed by atoms with Crippen molar-refractivity contribution in [2.75, 3.05) is 13.1 Å². The smallest absolute Gasteiger partial charge is 0.230 e. The molecule has 0 unspecified atom stereocenters. The van der Waals surface area contributed by atoms with Gasteiger partial charge in [-0.2, -0.15) is 0 Å². The van der Waals surface area contributed by atoms with Crippen molar-refractivity contribution in [1.29, 1.82) is 0 Å². The Morgan fingerprint density at radius 1 is 1.04 bits per heavy atom. The number of piperidine rings is 1. The standard InChI is InChI=1S/C18H20N4OS/c1-2-4-15-14(3-1)19-18(24-15)13-7-9-22(10-8-13)11-16-20-21-17(23-16)12-5-6-12/h1-4,12-13H,5-11H2. The average molecular weight is 340 g/mol. The molecule has 1 aromatic carbocycles. The summed E-state index contributed by atoms with van der Waals surface area (Å²) in [6, 6.07) is 8.43. The third kappa shape index (κ3) is 2.84. The van der Waals surface area contributed by atoms with Crippen LogP contribution in [-0.2, 0) is 6.54 Å². The highest BCUT2D eigenvalue weighted by Gasteiger charge is 2.30. The molecule has 0 atom stereocenters. The van der Waals surface area contributed by atoms with Crippen LogP contribution in [0.5, 0.6) is 0 Å². The Morgan fingerprint density at radius 2 is 1.88 bits per heavy atom. The number of thiazole rings is 1. The molecule has 1 aliphatic heterocycles. The van der Waals surface area contributed by atoms with E-state index in [1.807, 2.05) is 11.3 Å². The van der Waals surface area contributed by atoms with Crippen LogP contribution in [0.2, 0.25) is 0 Å². The molecule has 2 aliphatic rings. The van der Waals surface area contributed by atoms with Gasteiger partial charge in [-0.05, 0) is 50.9 Å². The summed E-state index contributed by atoms with van der Waals surface area (Å²) < 4.78 is 7.09. The molecule has 0 radical (unpaired) electrons. The number of fused-ring (bicyclic) bond motifs is 1. The molecule has 6 heteroatoms. The molecule has 1 saturated carbocycles. The maximum atomic E-state index is 5.79. The Balaban J connectivity index is 1.21. The monoisotopic (exact) mass is 340 g/mol. The lowest BCUT2D eigenvalue weighted by Gasteiger charge is -2.29. The first-order valence-corrected chi connectivity index (χ1v) is 9.57. The molecule has 0 bridgehead atoms. The van der Waals surface area contributed by atoms with Crippen LogP contribution < -0.4 is 0 Å². The number of benzene rings is 1. The Morgan fingerprint density at radius 3 is 2.67 bits per heavy atom. The lowest BCUT2D eigenvalue weighted by atomic mass is 9.97. The fraction of sp³-hybridized carbons (Fsp3) is 0.500. The molecule has 124 valence electrons. The normalized spacial score (nSPS) is 20.0. The van der Waals surface area contributed by atoms with E-state index in [2.05, 4.69) is 39.4 Å². The molecule has 0 spiro atoms. The number of aromatic nitrogens is 3. The highest BCUT2D eigenvalue weighted by Crippen LogP contribution is 2.39. The van der Waals surface area contributed by atoms with E-state index in [1.54, 1.807) is 0 Å². The third-order valence-corrected chi connectivity index (χ3v) is 6.21. The van der Waals surface area contributed by atoms with E-state index in [0.717, 1.165) is 49.8 Å². The summed E-state index contributed by atoms with van der Waals surface area (Å²) in [7, 11) is 0. The number of hydrogen-bond acceptors (Lipinski definition) is 6. The van der Waals surface area contributed by atoms with Crippen LogP contribution in [0.1, 0.15) is 54.3 Å². The van der Waals surface area contributed by atoms with Crippen molar-refractivity contribution < 1.29 is 4.42 Å². The summed E-state index contributed by atoms with van der Waals surface area (Å²) in [5.41, 5.74) is 1.14. The van der Waals surface area contributed by atoms with Crippen LogP contribution in [0.4, 0.5) is 0 Å². The van der Waals surface area contributed by atoms with Gasteiger partial charge in [0.15, 0.2) is 0 Å². The largest absolute Gasteiger partial charge is 0.424 e. The van der Waals surface area contributed by atoms with Crippen LogP contribution in [0.3, 0.4) is 0 Å². The Bertz CT molecular complexity index is 812. The van der Waals surface area contributed by atoms with E-state index < -0.39 is 0 Å². The summed E-state index contributed by atoms with van der Waals surface area (Å²) in [5.74, 6) is 2.74. The van der Waals surface area contributed by atoms with Gasteiger partial charge in [-0.15, -0.1) is 21.5 Å². The van der Waals surface area contributed by atoms with Crippen molar-refractivity contribution in [3.63, 3.8) is 0 Å². The van der Waals surface area contributed by atoms with E-state index in [9.17, 15) is 0 Å². The summed E-state index contributed by atoms with van der Waals surface area (Å²) >= 11 is 1.85. The minimum absolute atomic E-state index is 0.538. The van der Waals surface area contributed by atoms with Gasteiger partial charge >= 0.3 is 0 Å². The summed E-state index contributed by atoms with van der Waals surface area (Å²) in [5, 5.41) is 9.68. The molecule has 24 heavy (non-hydrogen) atoms. The zero-order chi connectivity index (χ0) is 15.9. The molecular formula is C18H20N4OS. The Hall–Kier alpha value is -1.79. The highest BCUT2D eigenvalue weighted by atomic mass is 32.1. The lowest BCUT2D eigenvalue weighted by molar-refractivity contribution is 0.186.